The Kier molecular flexibility index (Phi) is 9.15. The van der Waals surface area contributed by atoms with Crippen molar-refractivity contribution in [3.63, 3.8) is 0 Å². The van der Waals surface area contributed by atoms with Crippen LogP contribution < -0.4 is 14.9 Å². The lowest BCUT2D eigenvalue weighted by Gasteiger charge is -2.11. The zero-order chi connectivity index (χ0) is 20.2. The van der Waals surface area contributed by atoms with E-state index in [1.165, 1.54) is 5.56 Å². The summed E-state index contributed by atoms with van der Waals surface area (Å²) in [6.07, 6.45) is 3.27. The predicted octanol–water partition coefficient (Wildman–Crippen LogP) is 4.42. The number of carbonyl (C=O) groups excluding carboxylic acids is 1. The van der Waals surface area contributed by atoms with Gasteiger partial charge in [-0.05, 0) is 43.2 Å². The number of amides is 1. The average Bonchev–Trinajstić information content (AvgIpc) is 2.72. The first-order chi connectivity index (χ1) is 13.6. The molecule has 1 N–H and O–H groups in total. The van der Waals surface area contributed by atoms with Crippen LogP contribution in [0.2, 0.25) is 0 Å². The van der Waals surface area contributed by atoms with E-state index < -0.39 is 0 Å². The topological polar surface area (TPSA) is 59.9 Å². The van der Waals surface area contributed by atoms with Gasteiger partial charge in [0.1, 0.15) is 6.61 Å². The molecule has 2 rings (SSSR count). The minimum atomic E-state index is -0.203. The highest BCUT2D eigenvalue weighted by molar-refractivity contribution is 7.99. The average molecular weight is 399 g/mol. The molecule has 2 aromatic rings. The van der Waals surface area contributed by atoms with Crippen LogP contribution in [0.15, 0.2) is 66.3 Å². The summed E-state index contributed by atoms with van der Waals surface area (Å²) in [6.45, 7) is 8.35. The van der Waals surface area contributed by atoms with Gasteiger partial charge in [-0.15, -0.1) is 11.8 Å². The van der Waals surface area contributed by atoms with Gasteiger partial charge in [0.2, 0.25) is 0 Å². The summed E-state index contributed by atoms with van der Waals surface area (Å²) in [5.41, 5.74) is 4.59. The molecule has 148 valence electrons. The summed E-state index contributed by atoms with van der Waals surface area (Å²) in [7, 11) is 0. The summed E-state index contributed by atoms with van der Waals surface area (Å²) in [5, 5.41) is 3.86. The second-order valence-electron chi connectivity index (χ2n) is 5.91. The number of benzene rings is 2. The summed E-state index contributed by atoms with van der Waals surface area (Å²) in [5.74, 6) is 1.93. The molecule has 2 aromatic carbocycles. The van der Waals surface area contributed by atoms with Gasteiger partial charge in [-0.3, -0.25) is 4.79 Å². The van der Waals surface area contributed by atoms with Gasteiger partial charge in [-0.2, -0.15) is 5.10 Å². The quantitative estimate of drug-likeness (QED) is 0.346. The maximum atomic E-state index is 12.2. The Morgan fingerprint density at radius 2 is 2.00 bits per heavy atom. The molecule has 0 aliphatic rings. The molecule has 0 saturated heterocycles. The van der Waals surface area contributed by atoms with Gasteiger partial charge in [-0.25, -0.2) is 5.43 Å². The van der Waals surface area contributed by atoms with Gasteiger partial charge in [0.05, 0.1) is 18.1 Å². The molecule has 1 atom stereocenters. The molecule has 1 amide bonds. The minimum absolute atomic E-state index is 0.131. The summed E-state index contributed by atoms with van der Waals surface area (Å²) in [4.78, 5) is 12.2. The molecule has 0 aliphatic carbocycles. The van der Waals surface area contributed by atoms with Crippen LogP contribution in [0.25, 0.3) is 0 Å². The van der Waals surface area contributed by atoms with Crippen molar-refractivity contribution >= 4 is 23.9 Å². The smallest absolute Gasteiger partial charge is 0.252 e. The number of hydrogen-bond acceptors (Lipinski definition) is 5. The van der Waals surface area contributed by atoms with Crippen molar-refractivity contribution in [2.75, 3.05) is 13.2 Å². The first kappa shape index (κ1) is 21.6. The van der Waals surface area contributed by atoms with E-state index in [0.29, 0.717) is 24.7 Å². The fourth-order valence-electron chi connectivity index (χ4n) is 2.27. The number of rotatable bonds is 11. The van der Waals surface area contributed by atoms with Gasteiger partial charge in [0, 0.05) is 5.75 Å². The van der Waals surface area contributed by atoms with E-state index in [4.69, 9.17) is 9.47 Å². The molecular formula is C22H26N2O3S. The zero-order valence-electron chi connectivity index (χ0n) is 16.3. The molecule has 0 fully saturated rings. The molecule has 0 unspecified atom stereocenters. The fourth-order valence-corrected chi connectivity index (χ4v) is 3.11. The monoisotopic (exact) mass is 398 g/mol. The first-order valence-electron chi connectivity index (χ1n) is 9.13. The molecule has 0 saturated carbocycles. The Bertz CT molecular complexity index is 794. The Morgan fingerprint density at radius 1 is 1.21 bits per heavy atom. The predicted molar refractivity (Wildman–Crippen MR) is 116 cm³/mol. The van der Waals surface area contributed by atoms with E-state index in [0.717, 1.165) is 11.3 Å². The SMILES string of the molecule is C=CCOc1ccc(/C=N\NC(=O)[C@@H](C)SCc2ccccc2)cc1OCC. The minimum Gasteiger partial charge on any atom is -0.490 e. The van der Waals surface area contributed by atoms with Gasteiger partial charge in [0.25, 0.3) is 5.91 Å². The lowest BCUT2D eigenvalue weighted by atomic mass is 10.2. The third-order valence-corrected chi connectivity index (χ3v) is 4.94. The van der Waals surface area contributed by atoms with Crippen LogP contribution in [0.3, 0.4) is 0 Å². The maximum absolute atomic E-state index is 12.2. The molecule has 0 aliphatic heterocycles. The van der Waals surface area contributed by atoms with E-state index in [9.17, 15) is 4.79 Å². The third kappa shape index (κ3) is 7.12. The van der Waals surface area contributed by atoms with Crippen molar-refractivity contribution in [2.45, 2.75) is 24.9 Å². The van der Waals surface area contributed by atoms with Gasteiger partial charge in [-0.1, -0.05) is 43.0 Å². The van der Waals surface area contributed by atoms with Crippen molar-refractivity contribution < 1.29 is 14.3 Å². The molecule has 0 bridgehead atoms. The van der Waals surface area contributed by atoms with Crippen molar-refractivity contribution in [1.29, 1.82) is 0 Å². The van der Waals surface area contributed by atoms with Crippen molar-refractivity contribution in [1.82, 2.24) is 5.43 Å². The molecular weight excluding hydrogens is 372 g/mol. The Morgan fingerprint density at radius 3 is 2.71 bits per heavy atom. The number of ether oxygens (including phenoxy) is 2. The van der Waals surface area contributed by atoms with E-state index >= 15 is 0 Å². The standard InChI is InChI=1S/C22H26N2O3S/c1-4-13-27-20-12-11-19(14-21(20)26-5-2)15-23-24-22(25)17(3)28-16-18-9-7-6-8-10-18/h4,6-12,14-15,17H,1,5,13,16H2,2-3H3,(H,24,25)/b23-15-/t17-/m1/s1. The number of nitrogens with zero attached hydrogens (tertiary/aromatic N) is 1. The molecule has 0 spiro atoms. The first-order valence-corrected chi connectivity index (χ1v) is 10.2. The van der Waals surface area contributed by atoms with Gasteiger partial charge in [0.15, 0.2) is 11.5 Å². The second-order valence-corrected chi connectivity index (χ2v) is 7.24. The summed E-state index contributed by atoms with van der Waals surface area (Å²) < 4.78 is 11.2. The molecule has 5 nitrogen and oxygen atoms in total. The van der Waals surface area contributed by atoms with Crippen LogP contribution in [-0.4, -0.2) is 30.6 Å². The maximum Gasteiger partial charge on any atom is 0.252 e. The highest BCUT2D eigenvalue weighted by atomic mass is 32.2. The number of nitrogens with one attached hydrogen (secondary N) is 1. The summed E-state index contributed by atoms with van der Waals surface area (Å²) in [6, 6.07) is 15.6. The summed E-state index contributed by atoms with van der Waals surface area (Å²) >= 11 is 1.57. The number of thioether (sulfide) groups is 1. The van der Waals surface area contributed by atoms with Crippen LogP contribution in [0.5, 0.6) is 11.5 Å². The number of hydrogen-bond donors (Lipinski definition) is 1. The molecule has 0 heterocycles. The normalized spacial score (nSPS) is 11.8. The second kappa shape index (κ2) is 11.9. The van der Waals surface area contributed by atoms with Gasteiger partial charge < -0.3 is 9.47 Å². The van der Waals surface area contributed by atoms with E-state index in [1.807, 2.05) is 62.4 Å². The van der Waals surface area contributed by atoms with Crippen LogP contribution in [0, 0.1) is 0 Å². The Labute approximate surface area is 170 Å². The molecule has 0 aromatic heterocycles. The molecule has 6 heteroatoms. The Hall–Kier alpha value is -2.73. The largest absolute Gasteiger partial charge is 0.490 e. The van der Waals surface area contributed by atoms with Crippen LogP contribution in [0.4, 0.5) is 0 Å². The van der Waals surface area contributed by atoms with E-state index in [-0.39, 0.29) is 11.2 Å². The van der Waals surface area contributed by atoms with Crippen molar-refractivity contribution in [3.05, 3.63) is 72.3 Å². The van der Waals surface area contributed by atoms with Gasteiger partial charge >= 0.3 is 0 Å². The molecule has 28 heavy (non-hydrogen) atoms. The Balaban J connectivity index is 1.89. The number of carbonyl (C=O) groups is 1. The number of hydrazone groups is 1. The highest BCUT2D eigenvalue weighted by Gasteiger charge is 2.12. The fraction of sp³-hybridized carbons (Fsp3) is 0.273. The molecule has 0 radical (unpaired) electrons. The third-order valence-electron chi connectivity index (χ3n) is 3.72. The lowest BCUT2D eigenvalue weighted by molar-refractivity contribution is -0.120. The van der Waals surface area contributed by atoms with E-state index in [1.54, 1.807) is 24.1 Å². The van der Waals surface area contributed by atoms with Crippen LogP contribution in [-0.2, 0) is 10.5 Å². The van der Waals surface area contributed by atoms with E-state index in [2.05, 4.69) is 17.1 Å². The lowest BCUT2D eigenvalue weighted by Crippen LogP contribution is -2.27. The zero-order valence-corrected chi connectivity index (χ0v) is 17.1. The highest BCUT2D eigenvalue weighted by Crippen LogP contribution is 2.28. The van der Waals surface area contributed by atoms with Crippen LogP contribution in [0.1, 0.15) is 25.0 Å². The van der Waals surface area contributed by atoms with Crippen molar-refractivity contribution in [3.8, 4) is 11.5 Å². The van der Waals surface area contributed by atoms with Crippen molar-refractivity contribution in [2.24, 2.45) is 5.10 Å². The van der Waals surface area contributed by atoms with Crippen LogP contribution >= 0.6 is 11.8 Å².